The smallest absolute Gasteiger partial charge is 0.338 e. The van der Waals surface area contributed by atoms with Crippen LogP contribution in [-0.2, 0) is 56.8 Å². The minimum absolute atomic E-state index is 0.0102. The quantitative estimate of drug-likeness (QED) is 0.0906. The van der Waals surface area contributed by atoms with Crippen LogP contribution in [0.3, 0.4) is 0 Å². The molecule has 6 rings (SSSR count). The first-order valence-electron chi connectivity index (χ1n) is 19.5. The Morgan fingerprint density at radius 2 is 1.18 bits per heavy atom. The maximum atomic E-state index is 14.2. The largest absolute Gasteiger partial charge is 0.497 e. The highest BCUT2D eigenvalue weighted by Gasteiger charge is 2.68. The first kappa shape index (κ1) is 43.7. The Morgan fingerprint density at radius 3 is 1.69 bits per heavy atom. The monoisotopic (exact) mass is 830 g/mol. The second-order valence-corrected chi connectivity index (χ2v) is 14.7. The lowest BCUT2D eigenvalue weighted by molar-refractivity contribution is -0.382. The highest BCUT2D eigenvalue weighted by Crippen LogP contribution is 2.48. The first-order chi connectivity index (χ1) is 29.2. The van der Waals surface area contributed by atoms with Gasteiger partial charge in [-0.15, -0.1) is 0 Å². The van der Waals surface area contributed by atoms with E-state index in [2.05, 4.69) is 0 Å². The first-order valence-corrected chi connectivity index (χ1v) is 19.5. The Bertz CT molecular complexity index is 2330. The number of aliphatic hydroxyl groups is 1. The summed E-state index contributed by atoms with van der Waals surface area (Å²) < 4.78 is 41.9. The standard InChI is InChI=1S/C48H46O13/c1-30(57-44(51)35-15-9-6-10-16-35)41-47(4,60-32(3)50)42(58-45(52)36-17-11-7-12-18-36)43(59-46(53)37-19-13-8-14-20-37)48(54,61-41)40-28-34(29-56-31(2)49)21-24-38(40)27-33-22-25-39(55-5)26-23-33/h6-26,28,30,41-43,54H,27,29H2,1-5H3/t30-,41+,42+,43+,47+,48+/m0/s1. The minimum Gasteiger partial charge on any atom is -0.497 e. The molecule has 13 nitrogen and oxygen atoms in total. The molecule has 5 aromatic carbocycles. The maximum absolute atomic E-state index is 14.2. The van der Waals surface area contributed by atoms with Crippen molar-refractivity contribution in [3.05, 3.63) is 172 Å². The Balaban J connectivity index is 1.60. The molecule has 1 aliphatic rings. The molecule has 13 heteroatoms. The van der Waals surface area contributed by atoms with Crippen LogP contribution < -0.4 is 4.74 Å². The third-order valence-corrected chi connectivity index (χ3v) is 10.2. The van der Waals surface area contributed by atoms with Crippen molar-refractivity contribution in [2.24, 2.45) is 0 Å². The van der Waals surface area contributed by atoms with Gasteiger partial charge in [-0.05, 0) is 91.6 Å². The number of esters is 5. The highest BCUT2D eigenvalue weighted by atomic mass is 16.7. The van der Waals surface area contributed by atoms with Gasteiger partial charge in [-0.1, -0.05) is 78.9 Å². The van der Waals surface area contributed by atoms with Gasteiger partial charge in [-0.25, -0.2) is 14.4 Å². The van der Waals surface area contributed by atoms with Crippen LogP contribution >= 0.6 is 0 Å². The molecule has 0 bridgehead atoms. The number of carbonyl (C=O) groups excluding carboxylic acids is 5. The van der Waals surface area contributed by atoms with Crippen LogP contribution in [0, 0.1) is 0 Å². The van der Waals surface area contributed by atoms with E-state index in [1.807, 2.05) is 12.1 Å². The molecule has 61 heavy (non-hydrogen) atoms. The Kier molecular flexibility index (Phi) is 13.7. The molecular weight excluding hydrogens is 785 g/mol. The van der Waals surface area contributed by atoms with Crippen molar-refractivity contribution in [1.82, 2.24) is 0 Å². The van der Waals surface area contributed by atoms with Gasteiger partial charge in [-0.2, -0.15) is 0 Å². The van der Waals surface area contributed by atoms with E-state index in [-0.39, 0.29) is 35.3 Å². The van der Waals surface area contributed by atoms with Gasteiger partial charge < -0.3 is 38.3 Å². The molecule has 5 aromatic rings. The van der Waals surface area contributed by atoms with Crippen molar-refractivity contribution in [2.45, 2.75) is 76.5 Å². The molecule has 1 aliphatic heterocycles. The molecule has 0 radical (unpaired) electrons. The molecule has 1 fully saturated rings. The van der Waals surface area contributed by atoms with Crippen LogP contribution in [0.4, 0.5) is 0 Å². The van der Waals surface area contributed by atoms with Gasteiger partial charge in [0, 0.05) is 19.4 Å². The van der Waals surface area contributed by atoms with Crippen LogP contribution in [0.15, 0.2) is 133 Å². The Morgan fingerprint density at radius 1 is 0.672 bits per heavy atom. The Labute approximate surface area is 353 Å². The highest BCUT2D eigenvalue weighted by molar-refractivity contribution is 5.91. The molecule has 0 unspecified atom stereocenters. The van der Waals surface area contributed by atoms with Crippen LogP contribution in [0.1, 0.15) is 81.0 Å². The van der Waals surface area contributed by atoms with Gasteiger partial charge in [0.05, 0.1) is 23.8 Å². The zero-order valence-electron chi connectivity index (χ0n) is 34.3. The van der Waals surface area contributed by atoms with E-state index in [0.717, 1.165) is 12.5 Å². The fourth-order valence-corrected chi connectivity index (χ4v) is 7.31. The molecule has 1 N–H and O–H groups in total. The topological polar surface area (TPSA) is 170 Å². The van der Waals surface area contributed by atoms with Crippen LogP contribution in [0.2, 0.25) is 0 Å². The molecule has 1 heterocycles. The van der Waals surface area contributed by atoms with Crippen LogP contribution in [-0.4, -0.2) is 72.1 Å². The summed E-state index contributed by atoms with van der Waals surface area (Å²) in [6.07, 6.45) is -6.66. The number of carbonyl (C=O) groups is 5. The average Bonchev–Trinajstić information content (AvgIpc) is 3.26. The molecule has 1 saturated heterocycles. The zero-order valence-corrected chi connectivity index (χ0v) is 34.3. The SMILES string of the molecule is COc1ccc(Cc2ccc(COC(C)=O)cc2[C@@]2(O)O[C@H]([C@H](C)OC(=O)c3ccccc3)[C@@](C)(OC(C)=O)[C@H](OC(=O)c3ccccc3)[C@H]2OC(=O)c2ccccc2)cc1. The fourth-order valence-electron chi connectivity index (χ4n) is 7.31. The summed E-state index contributed by atoms with van der Waals surface area (Å²) in [5, 5.41) is 13.5. The van der Waals surface area contributed by atoms with Crippen LogP contribution in [0.25, 0.3) is 0 Å². The summed E-state index contributed by atoms with van der Waals surface area (Å²) >= 11 is 0. The number of hydrogen-bond donors (Lipinski definition) is 1. The van der Waals surface area contributed by atoms with E-state index in [1.165, 1.54) is 51.1 Å². The summed E-state index contributed by atoms with van der Waals surface area (Å²) in [4.78, 5) is 67.1. The molecule has 0 aliphatic carbocycles. The van der Waals surface area contributed by atoms with Gasteiger partial charge in [-0.3, -0.25) is 9.59 Å². The average molecular weight is 831 g/mol. The summed E-state index contributed by atoms with van der Waals surface area (Å²) in [6.45, 7) is 5.00. The molecule has 0 aromatic heterocycles. The van der Waals surface area contributed by atoms with E-state index in [4.69, 9.17) is 33.2 Å². The van der Waals surface area contributed by atoms with Crippen molar-refractivity contribution >= 4 is 29.8 Å². The van der Waals surface area contributed by atoms with Gasteiger partial charge in [0.1, 0.15) is 24.6 Å². The van der Waals surface area contributed by atoms with Gasteiger partial charge in [0.25, 0.3) is 0 Å². The lowest BCUT2D eigenvalue weighted by Crippen LogP contribution is -2.73. The lowest BCUT2D eigenvalue weighted by Gasteiger charge is -2.55. The van der Waals surface area contributed by atoms with Crippen molar-refractivity contribution in [1.29, 1.82) is 0 Å². The number of rotatable bonds is 14. The Hall–Kier alpha value is -6.83. The number of methoxy groups -OCH3 is 1. The predicted molar refractivity (Wildman–Crippen MR) is 219 cm³/mol. The van der Waals surface area contributed by atoms with Crippen molar-refractivity contribution < 1.29 is 62.2 Å². The van der Waals surface area contributed by atoms with Crippen molar-refractivity contribution in [3.8, 4) is 5.75 Å². The molecule has 0 amide bonds. The molecule has 316 valence electrons. The summed E-state index contributed by atoms with van der Waals surface area (Å²) in [5.74, 6) is -6.25. The van der Waals surface area contributed by atoms with Gasteiger partial charge in [0.2, 0.25) is 11.9 Å². The van der Waals surface area contributed by atoms with Gasteiger partial charge in [0.15, 0.2) is 11.7 Å². The lowest BCUT2D eigenvalue weighted by atomic mass is 9.76. The van der Waals surface area contributed by atoms with E-state index in [1.54, 1.807) is 98.1 Å². The zero-order chi connectivity index (χ0) is 43.7. The molecule has 6 atom stereocenters. The van der Waals surface area contributed by atoms with Crippen LogP contribution in [0.5, 0.6) is 5.75 Å². The predicted octanol–water partition coefficient (Wildman–Crippen LogP) is 6.91. The second kappa shape index (κ2) is 19.0. The fraction of sp³-hybridized carbons (Fsp3) is 0.271. The van der Waals surface area contributed by atoms with E-state index in [0.29, 0.717) is 16.9 Å². The number of ether oxygens (including phenoxy) is 7. The van der Waals surface area contributed by atoms with E-state index >= 15 is 0 Å². The third kappa shape index (κ3) is 10.1. The normalized spacial score (nSPS) is 21.2. The number of benzene rings is 5. The number of hydrogen-bond acceptors (Lipinski definition) is 13. The molecule has 0 saturated carbocycles. The summed E-state index contributed by atoms with van der Waals surface area (Å²) in [7, 11) is 1.54. The summed E-state index contributed by atoms with van der Waals surface area (Å²) in [5.41, 5.74) is -0.164. The molecular formula is C48H46O13. The summed E-state index contributed by atoms with van der Waals surface area (Å²) in [6, 6.07) is 36.0. The van der Waals surface area contributed by atoms with E-state index < -0.39 is 65.7 Å². The molecule has 0 spiro atoms. The van der Waals surface area contributed by atoms with E-state index in [9.17, 15) is 29.1 Å². The minimum atomic E-state index is -2.78. The van der Waals surface area contributed by atoms with Crippen molar-refractivity contribution in [2.75, 3.05) is 7.11 Å². The van der Waals surface area contributed by atoms with Gasteiger partial charge >= 0.3 is 29.8 Å². The van der Waals surface area contributed by atoms with Crippen molar-refractivity contribution in [3.63, 3.8) is 0 Å². The maximum Gasteiger partial charge on any atom is 0.338 e. The third-order valence-electron chi connectivity index (χ3n) is 10.2. The second-order valence-electron chi connectivity index (χ2n) is 14.7.